The molecular formula is C18H24NaO4P. The van der Waals surface area contributed by atoms with Gasteiger partial charge in [0.05, 0.1) is 0 Å². The Morgan fingerprint density at radius 3 is 2.25 bits per heavy atom. The average molecular weight is 358 g/mol. The van der Waals surface area contributed by atoms with Gasteiger partial charge in [-0.3, -0.25) is 9.79 Å². The smallest absolute Gasteiger partial charge is 1.00 e. The number of hydrogen-bond acceptors (Lipinski definition) is 2. The number of hydrogen-bond donors (Lipinski definition) is 2. The van der Waals surface area contributed by atoms with E-state index >= 15 is 0 Å². The second kappa shape index (κ2) is 6.90. The van der Waals surface area contributed by atoms with Crippen molar-refractivity contribution in [3.05, 3.63) is 36.4 Å². The Morgan fingerprint density at radius 1 is 1.12 bits per heavy atom. The summed E-state index contributed by atoms with van der Waals surface area (Å²) in [4.78, 5) is 18.0. The van der Waals surface area contributed by atoms with Gasteiger partial charge >= 0.3 is 37.4 Å². The average Bonchev–Trinajstić information content (AvgIpc) is 2.44. The fourth-order valence-electron chi connectivity index (χ4n) is 5.58. The molecular weight excluding hydrogens is 334 g/mol. The first-order chi connectivity index (χ1) is 10.9. The predicted molar refractivity (Wildman–Crippen MR) is 89.8 cm³/mol. The SMILES string of the molecule is C=C(c1cccc(OP(=O)(O)O)c1)C1C2CC3CC(C2)CC1C3.[H-].[Na+]. The maximum atomic E-state index is 11.0. The quantitative estimate of drug-likeness (QED) is 0.630. The molecule has 0 radical (unpaired) electrons. The number of phosphoric ester groups is 1. The standard InChI is InChI=1S/C18H23O4P.Na.H/c1-11(14-3-2-4-17(10-14)22-23(19,20)21)18-15-6-12-5-13(8-15)9-16(18)7-12;;/h2-4,10,12-13,15-16,18H,1,5-9H2,(H2,19,20,21);;/q;+1;-1. The minimum absolute atomic E-state index is 0. The molecule has 4 nitrogen and oxygen atoms in total. The molecule has 5 rings (SSSR count). The van der Waals surface area contributed by atoms with Gasteiger partial charge in [-0.15, -0.1) is 0 Å². The van der Waals surface area contributed by atoms with Crippen LogP contribution in [0.25, 0.3) is 5.57 Å². The van der Waals surface area contributed by atoms with E-state index in [0.717, 1.165) is 34.8 Å². The summed E-state index contributed by atoms with van der Waals surface area (Å²) in [6.07, 6.45) is 6.74. The molecule has 0 heterocycles. The van der Waals surface area contributed by atoms with Crippen LogP contribution in [0.5, 0.6) is 5.75 Å². The van der Waals surface area contributed by atoms with Gasteiger partial charge in [0.2, 0.25) is 0 Å². The molecule has 126 valence electrons. The van der Waals surface area contributed by atoms with Crippen LogP contribution in [0.15, 0.2) is 30.8 Å². The Labute approximate surface area is 166 Å². The maximum absolute atomic E-state index is 11.0. The van der Waals surface area contributed by atoms with E-state index in [-0.39, 0.29) is 36.7 Å². The van der Waals surface area contributed by atoms with Crippen molar-refractivity contribution in [2.24, 2.45) is 29.6 Å². The van der Waals surface area contributed by atoms with E-state index in [1.165, 1.54) is 32.1 Å². The van der Waals surface area contributed by atoms with Gasteiger partial charge in [0, 0.05) is 0 Å². The summed E-state index contributed by atoms with van der Waals surface area (Å²) in [7, 11) is -4.52. The summed E-state index contributed by atoms with van der Waals surface area (Å²) >= 11 is 0. The van der Waals surface area contributed by atoms with Crippen LogP contribution in [0.2, 0.25) is 0 Å². The van der Waals surface area contributed by atoms with E-state index in [9.17, 15) is 4.57 Å². The zero-order valence-electron chi connectivity index (χ0n) is 15.1. The van der Waals surface area contributed by atoms with E-state index in [2.05, 4.69) is 6.58 Å². The molecule has 6 heteroatoms. The molecule has 1 aromatic carbocycles. The molecule has 1 aromatic rings. The molecule has 0 aromatic heterocycles. The van der Waals surface area contributed by atoms with Crippen molar-refractivity contribution < 1.29 is 49.9 Å². The van der Waals surface area contributed by atoms with Crippen molar-refractivity contribution in [2.75, 3.05) is 0 Å². The Morgan fingerprint density at radius 2 is 1.71 bits per heavy atom. The van der Waals surface area contributed by atoms with Crippen LogP contribution in [-0.4, -0.2) is 9.79 Å². The normalized spacial score (nSPS) is 33.8. The molecule has 0 spiro atoms. The molecule has 24 heavy (non-hydrogen) atoms. The molecule has 4 aliphatic rings. The van der Waals surface area contributed by atoms with Crippen LogP contribution in [0.1, 0.15) is 39.1 Å². The molecule has 2 N–H and O–H groups in total. The predicted octanol–water partition coefficient (Wildman–Crippen LogP) is 1.36. The second-order valence-corrected chi connectivity index (χ2v) is 8.76. The van der Waals surface area contributed by atoms with Crippen LogP contribution >= 0.6 is 7.82 Å². The number of allylic oxidation sites excluding steroid dienone is 1. The number of rotatable bonds is 4. The molecule has 0 aliphatic heterocycles. The Bertz CT molecular complexity index is 661. The van der Waals surface area contributed by atoms with Crippen molar-refractivity contribution in [3.63, 3.8) is 0 Å². The van der Waals surface area contributed by atoms with Gasteiger partial charge in [-0.1, -0.05) is 18.7 Å². The number of phosphoric acid groups is 1. The minimum atomic E-state index is -4.52. The Hall–Kier alpha value is -0.0900. The summed E-state index contributed by atoms with van der Waals surface area (Å²) < 4.78 is 15.8. The first kappa shape index (κ1) is 18.7. The van der Waals surface area contributed by atoms with Gasteiger partial charge in [-0.25, -0.2) is 4.57 Å². The van der Waals surface area contributed by atoms with Crippen LogP contribution in [0, 0.1) is 29.6 Å². The van der Waals surface area contributed by atoms with Gasteiger partial charge in [-0.05, 0) is 85.0 Å². The van der Waals surface area contributed by atoms with Crippen molar-refractivity contribution in [1.82, 2.24) is 0 Å². The van der Waals surface area contributed by atoms with E-state index in [0.29, 0.717) is 5.92 Å². The molecule has 0 amide bonds. The van der Waals surface area contributed by atoms with Crippen LogP contribution in [0.3, 0.4) is 0 Å². The van der Waals surface area contributed by atoms with E-state index in [4.69, 9.17) is 14.3 Å². The van der Waals surface area contributed by atoms with E-state index in [1.807, 2.05) is 6.07 Å². The van der Waals surface area contributed by atoms with Gasteiger partial charge in [0.25, 0.3) is 0 Å². The van der Waals surface area contributed by atoms with Crippen LogP contribution in [-0.2, 0) is 4.57 Å². The topological polar surface area (TPSA) is 66.8 Å². The zero-order valence-corrected chi connectivity index (χ0v) is 17.0. The van der Waals surface area contributed by atoms with Gasteiger partial charge in [0.1, 0.15) is 5.75 Å². The minimum Gasteiger partial charge on any atom is -1.00 e. The molecule has 0 unspecified atom stereocenters. The van der Waals surface area contributed by atoms with Crippen molar-refractivity contribution in [1.29, 1.82) is 0 Å². The fourth-order valence-corrected chi connectivity index (χ4v) is 5.96. The van der Waals surface area contributed by atoms with Gasteiger partial charge in [0.15, 0.2) is 0 Å². The summed E-state index contributed by atoms with van der Waals surface area (Å²) in [6, 6.07) is 7.04. The largest absolute Gasteiger partial charge is 1.00 e. The summed E-state index contributed by atoms with van der Waals surface area (Å²) in [6.45, 7) is 4.36. The third-order valence-corrected chi connectivity index (χ3v) is 6.51. The molecule has 4 bridgehead atoms. The molecule has 4 aliphatic carbocycles. The zero-order chi connectivity index (χ0) is 16.2. The summed E-state index contributed by atoms with van der Waals surface area (Å²) in [5.74, 6) is 4.06. The molecule has 4 saturated carbocycles. The second-order valence-electron chi connectivity index (χ2n) is 7.59. The Kier molecular flexibility index (Phi) is 5.38. The van der Waals surface area contributed by atoms with Crippen LogP contribution < -0.4 is 34.1 Å². The Balaban J connectivity index is 0.00000113. The molecule has 0 saturated heterocycles. The third-order valence-electron chi connectivity index (χ3n) is 6.06. The first-order valence-electron chi connectivity index (χ1n) is 8.43. The summed E-state index contributed by atoms with van der Waals surface area (Å²) in [5.41, 5.74) is 2.07. The van der Waals surface area contributed by atoms with E-state index < -0.39 is 7.82 Å². The maximum Gasteiger partial charge on any atom is 1.00 e. The van der Waals surface area contributed by atoms with Crippen molar-refractivity contribution >= 4 is 13.4 Å². The monoisotopic (exact) mass is 358 g/mol. The van der Waals surface area contributed by atoms with Crippen molar-refractivity contribution in [3.8, 4) is 5.75 Å². The van der Waals surface area contributed by atoms with Gasteiger partial charge in [-0.2, -0.15) is 0 Å². The molecule has 4 fully saturated rings. The van der Waals surface area contributed by atoms with Crippen molar-refractivity contribution in [2.45, 2.75) is 32.1 Å². The third kappa shape index (κ3) is 3.70. The fraction of sp³-hybridized carbons (Fsp3) is 0.556. The first-order valence-corrected chi connectivity index (χ1v) is 9.96. The molecule has 0 atom stereocenters. The summed E-state index contributed by atoms with van der Waals surface area (Å²) in [5, 5.41) is 0. The van der Waals surface area contributed by atoms with Crippen LogP contribution in [0.4, 0.5) is 0 Å². The van der Waals surface area contributed by atoms with E-state index in [1.54, 1.807) is 18.2 Å². The van der Waals surface area contributed by atoms with Gasteiger partial charge < -0.3 is 5.95 Å². The number of benzene rings is 1.